The standard InChI is InChI=1S/C16H17N5O3S/c22-13-3-1-2-12(10-13)11-18-4-6-19(7-5-18)14-15(21(23)24)20-8-9-25-16(20)17-14/h1-3,8-10,22H,4-7,11H2. The third-order valence-corrected chi connectivity index (χ3v) is 5.14. The van der Waals surface area contributed by atoms with Crippen molar-refractivity contribution in [1.29, 1.82) is 0 Å². The molecule has 8 nitrogen and oxygen atoms in total. The summed E-state index contributed by atoms with van der Waals surface area (Å²) in [6.07, 6.45) is 1.69. The van der Waals surface area contributed by atoms with Gasteiger partial charge < -0.3 is 20.1 Å². The number of rotatable bonds is 4. The molecule has 1 saturated heterocycles. The van der Waals surface area contributed by atoms with Crippen molar-refractivity contribution in [1.82, 2.24) is 14.3 Å². The predicted molar refractivity (Wildman–Crippen MR) is 95.3 cm³/mol. The predicted octanol–water partition coefficient (Wildman–Crippen LogP) is 2.33. The van der Waals surface area contributed by atoms with Crippen molar-refractivity contribution in [3.05, 3.63) is 51.5 Å². The van der Waals surface area contributed by atoms with E-state index in [0.717, 1.165) is 25.2 Å². The molecule has 0 spiro atoms. The molecule has 3 aromatic rings. The number of thiazole rings is 1. The Morgan fingerprint density at radius 3 is 2.80 bits per heavy atom. The lowest BCUT2D eigenvalue weighted by Crippen LogP contribution is -2.46. The van der Waals surface area contributed by atoms with Crippen LogP contribution >= 0.6 is 11.3 Å². The summed E-state index contributed by atoms with van der Waals surface area (Å²) in [4.78, 5) is 20.5. The third-order valence-electron chi connectivity index (χ3n) is 4.38. The van der Waals surface area contributed by atoms with E-state index < -0.39 is 0 Å². The highest BCUT2D eigenvalue weighted by atomic mass is 32.1. The van der Waals surface area contributed by atoms with Gasteiger partial charge in [0.25, 0.3) is 4.96 Å². The molecule has 9 heteroatoms. The zero-order valence-electron chi connectivity index (χ0n) is 13.4. The van der Waals surface area contributed by atoms with Gasteiger partial charge in [-0.25, -0.2) is 0 Å². The quantitative estimate of drug-likeness (QED) is 0.568. The Bertz CT molecular complexity index is 914. The summed E-state index contributed by atoms with van der Waals surface area (Å²) in [6, 6.07) is 7.24. The number of aromatic nitrogens is 2. The third kappa shape index (κ3) is 3.03. The Balaban J connectivity index is 1.48. The number of anilines is 1. The Labute approximate surface area is 147 Å². The molecule has 1 N–H and O–H groups in total. The van der Waals surface area contributed by atoms with E-state index >= 15 is 0 Å². The average Bonchev–Trinajstić information content (AvgIpc) is 3.16. The SMILES string of the molecule is O=[N+]([O-])c1c(N2CCN(Cc3cccc(O)c3)CC2)nc2sccn12. The summed E-state index contributed by atoms with van der Waals surface area (Å²) >= 11 is 1.39. The van der Waals surface area contributed by atoms with Crippen LogP contribution in [0.5, 0.6) is 5.75 Å². The number of fused-ring (bicyclic) bond motifs is 1. The number of hydrogen-bond donors (Lipinski definition) is 1. The van der Waals surface area contributed by atoms with E-state index in [0.29, 0.717) is 23.9 Å². The summed E-state index contributed by atoms with van der Waals surface area (Å²) in [6.45, 7) is 3.70. The van der Waals surface area contributed by atoms with Gasteiger partial charge in [0, 0.05) is 38.1 Å². The van der Waals surface area contributed by atoms with Crippen molar-refractivity contribution in [2.75, 3.05) is 31.1 Å². The fourth-order valence-electron chi connectivity index (χ4n) is 3.17. The first-order valence-corrected chi connectivity index (χ1v) is 8.85. The first-order valence-electron chi connectivity index (χ1n) is 7.97. The minimum absolute atomic E-state index is 0.0395. The fourth-order valence-corrected chi connectivity index (χ4v) is 3.88. The van der Waals surface area contributed by atoms with Gasteiger partial charge in [-0.05, 0) is 22.6 Å². The molecular formula is C16H17N5O3S. The van der Waals surface area contributed by atoms with E-state index in [1.54, 1.807) is 28.1 Å². The fraction of sp³-hybridized carbons (Fsp3) is 0.312. The van der Waals surface area contributed by atoms with Crippen LogP contribution in [0.3, 0.4) is 0 Å². The van der Waals surface area contributed by atoms with Gasteiger partial charge in [-0.2, -0.15) is 9.38 Å². The van der Waals surface area contributed by atoms with Gasteiger partial charge >= 0.3 is 5.82 Å². The minimum atomic E-state index is -0.360. The lowest BCUT2D eigenvalue weighted by atomic mass is 10.2. The topological polar surface area (TPSA) is 87.2 Å². The van der Waals surface area contributed by atoms with Crippen LogP contribution < -0.4 is 4.90 Å². The molecule has 1 aliphatic heterocycles. The maximum atomic E-state index is 11.5. The molecule has 4 rings (SSSR count). The number of hydrogen-bond acceptors (Lipinski definition) is 7. The molecule has 25 heavy (non-hydrogen) atoms. The van der Waals surface area contributed by atoms with Gasteiger partial charge in [-0.3, -0.25) is 4.90 Å². The molecular weight excluding hydrogens is 342 g/mol. The van der Waals surface area contributed by atoms with E-state index in [-0.39, 0.29) is 16.5 Å². The monoisotopic (exact) mass is 359 g/mol. The Morgan fingerprint density at radius 2 is 2.08 bits per heavy atom. The van der Waals surface area contributed by atoms with Crippen molar-refractivity contribution in [3.8, 4) is 5.75 Å². The molecule has 0 amide bonds. The molecule has 1 aromatic carbocycles. The van der Waals surface area contributed by atoms with Gasteiger partial charge in [0.1, 0.15) is 11.9 Å². The summed E-state index contributed by atoms with van der Waals surface area (Å²) in [5.41, 5.74) is 1.06. The molecule has 0 bridgehead atoms. The molecule has 0 saturated carbocycles. The molecule has 0 unspecified atom stereocenters. The second-order valence-corrected chi connectivity index (χ2v) is 6.88. The van der Waals surface area contributed by atoms with E-state index in [4.69, 9.17) is 0 Å². The number of nitrogens with zero attached hydrogens (tertiary/aromatic N) is 5. The highest BCUT2D eigenvalue weighted by Gasteiger charge is 2.30. The van der Waals surface area contributed by atoms with Gasteiger partial charge in [-0.1, -0.05) is 23.5 Å². The first-order chi connectivity index (χ1) is 12.1. The van der Waals surface area contributed by atoms with Crippen molar-refractivity contribution in [3.63, 3.8) is 0 Å². The van der Waals surface area contributed by atoms with Crippen LogP contribution in [-0.4, -0.2) is 50.5 Å². The molecule has 0 aliphatic carbocycles. The van der Waals surface area contributed by atoms with Gasteiger partial charge in [-0.15, -0.1) is 0 Å². The lowest BCUT2D eigenvalue weighted by Gasteiger charge is -2.34. The number of phenolic OH excluding ortho intramolecular Hbond substituents is 1. The van der Waals surface area contributed by atoms with E-state index in [9.17, 15) is 15.2 Å². The number of benzene rings is 1. The highest BCUT2D eigenvalue weighted by molar-refractivity contribution is 7.15. The van der Waals surface area contributed by atoms with Crippen LogP contribution in [0.25, 0.3) is 4.96 Å². The Kier molecular flexibility index (Phi) is 4.02. The lowest BCUT2D eigenvalue weighted by molar-refractivity contribution is -0.389. The molecule has 0 radical (unpaired) electrons. The second-order valence-electron chi connectivity index (χ2n) is 6.00. The molecule has 1 fully saturated rings. The number of phenols is 1. The van der Waals surface area contributed by atoms with Crippen LogP contribution in [0.15, 0.2) is 35.8 Å². The van der Waals surface area contributed by atoms with Crippen molar-refractivity contribution in [2.45, 2.75) is 6.54 Å². The Morgan fingerprint density at radius 1 is 1.28 bits per heavy atom. The number of imidazole rings is 1. The van der Waals surface area contributed by atoms with Gasteiger partial charge in [0.15, 0.2) is 0 Å². The van der Waals surface area contributed by atoms with Crippen molar-refractivity contribution >= 4 is 27.9 Å². The van der Waals surface area contributed by atoms with Crippen molar-refractivity contribution in [2.24, 2.45) is 0 Å². The second kappa shape index (κ2) is 6.34. The zero-order valence-corrected chi connectivity index (χ0v) is 14.2. The van der Waals surface area contributed by atoms with Crippen LogP contribution in [0.2, 0.25) is 0 Å². The largest absolute Gasteiger partial charge is 0.508 e. The first kappa shape index (κ1) is 15.9. The molecule has 1 aliphatic rings. The van der Waals surface area contributed by atoms with E-state index in [1.165, 1.54) is 11.3 Å². The van der Waals surface area contributed by atoms with Gasteiger partial charge in [0.2, 0.25) is 5.82 Å². The average molecular weight is 359 g/mol. The maximum Gasteiger partial charge on any atom is 0.373 e. The van der Waals surface area contributed by atoms with Crippen molar-refractivity contribution < 1.29 is 10.0 Å². The van der Waals surface area contributed by atoms with Crippen LogP contribution in [0, 0.1) is 10.1 Å². The summed E-state index contributed by atoms with van der Waals surface area (Å²) < 4.78 is 1.54. The molecule has 3 heterocycles. The highest BCUT2D eigenvalue weighted by Crippen LogP contribution is 2.31. The normalized spacial score (nSPS) is 15.8. The number of nitro groups is 1. The molecule has 0 atom stereocenters. The number of aromatic hydroxyl groups is 1. The zero-order chi connectivity index (χ0) is 17.4. The minimum Gasteiger partial charge on any atom is -0.508 e. The molecule has 130 valence electrons. The number of piperazine rings is 1. The summed E-state index contributed by atoms with van der Waals surface area (Å²) in [5.74, 6) is 0.761. The smallest absolute Gasteiger partial charge is 0.373 e. The molecule has 2 aromatic heterocycles. The maximum absolute atomic E-state index is 11.5. The van der Waals surface area contributed by atoms with Gasteiger partial charge in [0.05, 0.1) is 0 Å². The van der Waals surface area contributed by atoms with Crippen LogP contribution in [0.1, 0.15) is 5.56 Å². The summed E-state index contributed by atoms with van der Waals surface area (Å²) in [7, 11) is 0. The summed E-state index contributed by atoms with van der Waals surface area (Å²) in [5, 5.41) is 22.8. The Hall–Kier alpha value is -2.65. The van der Waals surface area contributed by atoms with E-state index in [2.05, 4.69) is 9.88 Å². The van der Waals surface area contributed by atoms with Crippen LogP contribution in [-0.2, 0) is 6.54 Å². The van der Waals surface area contributed by atoms with E-state index in [1.807, 2.05) is 17.0 Å². The van der Waals surface area contributed by atoms with Crippen LogP contribution in [0.4, 0.5) is 11.6 Å².